The normalized spacial score (nSPS) is 9.85. The third-order valence-corrected chi connectivity index (χ3v) is 3.79. The van der Waals surface area contributed by atoms with E-state index in [0.717, 1.165) is 17.7 Å². The Labute approximate surface area is 155 Å². The molecule has 0 aliphatic rings. The number of ether oxygens (including phenoxy) is 1. The van der Waals surface area contributed by atoms with Crippen molar-refractivity contribution in [2.75, 3.05) is 0 Å². The van der Waals surface area contributed by atoms with E-state index in [-0.39, 0.29) is 16.7 Å². The lowest BCUT2D eigenvalue weighted by molar-refractivity contribution is -0.135. The van der Waals surface area contributed by atoms with Gasteiger partial charge in [-0.05, 0) is 36.1 Å². The van der Waals surface area contributed by atoms with Crippen molar-refractivity contribution in [3.63, 3.8) is 0 Å². The van der Waals surface area contributed by atoms with Crippen LogP contribution in [0.5, 0.6) is 5.75 Å². The number of aromatic hydroxyl groups is 1. The fourth-order valence-electron chi connectivity index (χ4n) is 2.48. The minimum absolute atomic E-state index is 0.0120. The molecule has 0 fully saturated rings. The van der Waals surface area contributed by atoms with E-state index in [2.05, 4.69) is 4.74 Å². The summed E-state index contributed by atoms with van der Waals surface area (Å²) in [5.41, 5.74) is 0.370. The molecule has 0 aliphatic carbocycles. The number of carboxylic acids is 1. The maximum Gasteiger partial charge on any atom is 0.346 e. The smallest absolute Gasteiger partial charge is 0.346 e. The highest BCUT2D eigenvalue weighted by molar-refractivity contribution is 6.00. The molecule has 0 saturated carbocycles. The molecule has 0 heterocycles. The zero-order valence-electron chi connectivity index (χ0n) is 14.8. The van der Waals surface area contributed by atoms with Crippen LogP contribution in [-0.2, 0) is 9.53 Å². The number of esters is 2. The van der Waals surface area contributed by atoms with E-state index >= 15 is 0 Å². The number of hydrogen-bond acceptors (Lipinski definition) is 5. The molecule has 0 radical (unpaired) electrons. The summed E-state index contributed by atoms with van der Waals surface area (Å²) >= 11 is 0. The summed E-state index contributed by atoms with van der Waals surface area (Å²) in [7, 11) is 0. The largest absolute Gasteiger partial charge is 0.507 e. The van der Waals surface area contributed by atoms with E-state index in [1.165, 1.54) is 25.1 Å². The Balaban J connectivity index is 0.000000206. The summed E-state index contributed by atoms with van der Waals surface area (Å²) in [4.78, 5) is 32.8. The van der Waals surface area contributed by atoms with E-state index in [4.69, 9.17) is 5.11 Å². The van der Waals surface area contributed by atoms with Crippen LogP contribution in [0.15, 0.2) is 60.7 Å². The van der Waals surface area contributed by atoms with E-state index in [0.29, 0.717) is 5.75 Å². The van der Waals surface area contributed by atoms with Gasteiger partial charge in [-0.1, -0.05) is 42.5 Å². The van der Waals surface area contributed by atoms with Crippen molar-refractivity contribution in [2.45, 2.75) is 13.8 Å². The number of carbonyl (C=O) groups is 3. The second-order valence-corrected chi connectivity index (χ2v) is 5.66. The summed E-state index contributed by atoms with van der Waals surface area (Å²) in [5.74, 6) is -2.35. The third kappa shape index (κ3) is 4.92. The van der Waals surface area contributed by atoms with E-state index in [1.54, 1.807) is 6.07 Å². The summed E-state index contributed by atoms with van der Waals surface area (Å²) in [6, 6.07) is 17.5. The Kier molecular flexibility index (Phi) is 6.27. The second kappa shape index (κ2) is 8.62. The topological polar surface area (TPSA) is 101 Å². The fraction of sp³-hybridized carbons (Fsp3) is 0.0952. The minimum Gasteiger partial charge on any atom is -0.507 e. The van der Waals surface area contributed by atoms with Gasteiger partial charge in [-0.3, -0.25) is 4.79 Å². The first kappa shape index (κ1) is 19.7. The molecular formula is C21H18O6. The molecule has 6 heteroatoms. The van der Waals surface area contributed by atoms with Gasteiger partial charge in [-0.2, -0.15) is 0 Å². The quantitative estimate of drug-likeness (QED) is 0.526. The summed E-state index contributed by atoms with van der Waals surface area (Å²) < 4.78 is 4.38. The van der Waals surface area contributed by atoms with Crippen LogP contribution in [0.1, 0.15) is 33.2 Å². The van der Waals surface area contributed by atoms with Gasteiger partial charge < -0.3 is 14.9 Å². The predicted octanol–water partition coefficient (Wildman–Crippen LogP) is 3.94. The van der Waals surface area contributed by atoms with Gasteiger partial charge in [0.05, 0.1) is 11.1 Å². The van der Waals surface area contributed by atoms with Crippen LogP contribution >= 0.6 is 0 Å². The van der Waals surface area contributed by atoms with Crippen molar-refractivity contribution in [2.24, 2.45) is 0 Å². The van der Waals surface area contributed by atoms with Crippen LogP contribution in [-0.4, -0.2) is 28.1 Å². The molecule has 138 valence electrons. The van der Waals surface area contributed by atoms with Crippen LogP contribution in [0.3, 0.4) is 0 Å². The van der Waals surface area contributed by atoms with Crippen molar-refractivity contribution in [3.8, 4) is 5.75 Å². The summed E-state index contributed by atoms with van der Waals surface area (Å²) in [6.45, 7) is 2.59. The van der Waals surface area contributed by atoms with Crippen molar-refractivity contribution >= 4 is 28.7 Å². The number of carboxylic acid groups (broad SMARTS) is 1. The Bertz CT molecular complexity index is 1000. The van der Waals surface area contributed by atoms with Crippen molar-refractivity contribution in [1.29, 1.82) is 0 Å². The fourth-order valence-corrected chi connectivity index (χ4v) is 2.48. The highest BCUT2D eigenvalue weighted by atomic mass is 16.6. The lowest BCUT2D eigenvalue weighted by Gasteiger charge is -2.06. The van der Waals surface area contributed by atoms with E-state index < -0.39 is 17.9 Å². The molecule has 6 nitrogen and oxygen atoms in total. The molecule has 3 aromatic carbocycles. The van der Waals surface area contributed by atoms with E-state index in [9.17, 15) is 19.5 Å². The number of aromatic carboxylic acids is 1. The number of fused-ring (bicyclic) bond motifs is 1. The van der Waals surface area contributed by atoms with Crippen molar-refractivity contribution < 1.29 is 29.3 Å². The van der Waals surface area contributed by atoms with Crippen LogP contribution in [0.2, 0.25) is 0 Å². The number of hydrogen-bond donors (Lipinski definition) is 2. The molecule has 0 saturated heterocycles. The lowest BCUT2D eigenvalue weighted by atomic mass is 10.0. The SMILES string of the molecule is CC(=O)OC(=O)c1cccc(C(=O)O)c1C.Oc1cccc2ccccc12. The highest BCUT2D eigenvalue weighted by Gasteiger charge is 2.17. The van der Waals surface area contributed by atoms with Crippen molar-refractivity contribution in [1.82, 2.24) is 0 Å². The van der Waals surface area contributed by atoms with Gasteiger partial charge >= 0.3 is 17.9 Å². The third-order valence-electron chi connectivity index (χ3n) is 3.79. The number of rotatable bonds is 2. The molecule has 0 spiro atoms. The summed E-state index contributed by atoms with van der Waals surface area (Å²) in [6.07, 6.45) is 0. The zero-order valence-corrected chi connectivity index (χ0v) is 14.8. The molecule has 3 aromatic rings. The molecule has 2 N–H and O–H groups in total. The standard InChI is InChI=1S/C11H10O5.C10H8O/c1-6-8(10(13)14)4-3-5-9(6)11(15)16-7(2)12;11-10-7-3-5-8-4-1-2-6-9(8)10/h3-5H,1-2H3,(H,13,14);1-7,11H. The lowest BCUT2D eigenvalue weighted by Crippen LogP contribution is -2.13. The Hall–Kier alpha value is -3.67. The molecule has 0 aliphatic heterocycles. The Morgan fingerprint density at radius 3 is 2.07 bits per heavy atom. The average molecular weight is 366 g/mol. The predicted molar refractivity (Wildman–Crippen MR) is 99.8 cm³/mol. The molecular weight excluding hydrogens is 348 g/mol. The molecule has 0 amide bonds. The van der Waals surface area contributed by atoms with Crippen LogP contribution in [0.25, 0.3) is 10.8 Å². The maximum absolute atomic E-state index is 11.4. The first-order valence-electron chi connectivity index (χ1n) is 8.03. The number of benzene rings is 3. The van der Waals surface area contributed by atoms with Gasteiger partial charge in [0.15, 0.2) is 0 Å². The van der Waals surface area contributed by atoms with Gasteiger partial charge in [-0.15, -0.1) is 0 Å². The highest BCUT2D eigenvalue weighted by Crippen LogP contribution is 2.23. The van der Waals surface area contributed by atoms with Gasteiger partial charge in [0, 0.05) is 12.3 Å². The molecule has 0 aromatic heterocycles. The first-order valence-corrected chi connectivity index (χ1v) is 8.03. The number of phenols is 1. The van der Waals surface area contributed by atoms with Crippen LogP contribution < -0.4 is 0 Å². The summed E-state index contributed by atoms with van der Waals surface area (Å²) in [5, 5.41) is 20.2. The van der Waals surface area contributed by atoms with Gasteiger partial charge in [0.25, 0.3) is 0 Å². The molecule has 0 atom stereocenters. The molecule has 27 heavy (non-hydrogen) atoms. The Morgan fingerprint density at radius 1 is 0.852 bits per heavy atom. The first-order chi connectivity index (χ1) is 12.8. The van der Waals surface area contributed by atoms with Crippen molar-refractivity contribution in [3.05, 3.63) is 77.4 Å². The van der Waals surface area contributed by atoms with Crippen LogP contribution in [0.4, 0.5) is 0 Å². The molecule has 3 rings (SSSR count). The van der Waals surface area contributed by atoms with E-state index in [1.807, 2.05) is 36.4 Å². The second-order valence-electron chi connectivity index (χ2n) is 5.66. The average Bonchev–Trinajstić information content (AvgIpc) is 2.62. The number of phenolic OH excluding ortho intramolecular Hbond substituents is 1. The van der Waals surface area contributed by atoms with Crippen LogP contribution in [0, 0.1) is 6.92 Å². The van der Waals surface area contributed by atoms with Gasteiger partial charge in [-0.25, -0.2) is 9.59 Å². The maximum atomic E-state index is 11.4. The molecule has 0 unspecified atom stereocenters. The zero-order chi connectivity index (χ0) is 20.0. The monoisotopic (exact) mass is 366 g/mol. The van der Waals surface area contributed by atoms with Gasteiger partial charge in [0.2, 0.25) is 0 Å². The van der Waals surface area contributed by atoms with Gasteiger partial charge in [0.1, 0.15) is 5.75 Å². The number of carbonyl (C=O) groups excluding carboxylic acids is 2. The Morgan fingerprint density at radius 2 is 1.44 bits per heavy atom. The minimum atomic E-state index is -1.13. The molecule has 0 bridgehead atoms.